The molecule has 4 rings (SSSR count). The summed E-state index contributed by atoms with van der Waals surface area (Å²) in [6.07, 6.45) is 1.03. The van der Waals surface area contributed by atoms with E-state index in [4.69, 9.17) is 17.3 Å². The van der Waals surface area contributed by atoms with Crippen LogP contribution in [0.3, 0.4) is 0 Å². The van der Waals surface area contributed by atoms with Crippen molar-refractivity contribution in [2.24, 2.45) is 5.73 Å². The Balaban J connectivity index is 2.06. The third-order valence-corrected chi connectivity index (χ3v) is 7.40. The second kappa shape index (κ2) is 9.85. The number of hydrogen-bond donors (Lipinski definition) is 2. The number of nitrogens with one attached hydrogen (secondary N) is 1. The summed E-state index contributed by atoms with van der Waals surface area (Å²) in [4.78, 5) is 38.9. The Morgan fingerprint density at radius 1 is 1.22 bits per heavy atom. The molecule has 2 heterocycles. The third-order valence-electron chi connectivity index (χ3n) is 5.94. The van der Waals surface area contributed by atoms with Crippen LogP contribution in [-0.4, -0.2) is 23.6 Å². The predicted octanol–water partition coefficient (Wildman–Crippen LogP) is 2.37. The summed E-state index contributed by atoms with van der Waals surface area (Å²) >= 11 is 7.41. The molecule has 10 heteroatoms. The summed E-state index contributed by atoms with van der Waals surface area (Å²) in [7, 11) is 1.19. The molecule has 36 heavy (non-hydrogen) atoms. The number of fused-ring (bicyclic) bond motifs is 1. The number of esters is 1. The van der Waals surface area contributed by atoms with Crippen molar-refractivity contribution in [3.05, 3.63) is 89.3 Å². The summed E-state index contributed by atoms with van der Waals surface area (Å²) in [5.74, 6) is -2.36. The molecule has 0 fully saturated rings. The first-order valence-corrected chi connectivity index (χ1v) is 12.0. The van der Waals surface area contributed by atoms with Gasteiger partial charge in [0.25, 0.3) is 11.5 Å². The molecule has 1 aliphatic heterocycles. The Morgan fingerprint density at radius 2 is 1.94 bits per heavy atom. The van der Waals surface area contributed by atoms with E-state index in [9.17, 15) is 19.6 Å². The predicted molar refractivity (Wildman–Crippen MR) is 139 cm³/mol. The molecule has 3 aromatic rings. The molecule has 1 aliphatic rings. The highest BCUT2D eigenvalue weighted by Crippen LogP contribution is 2.39. The van der Waals surface area contributed by atoms with Gasteiger partial charge in [-0.15, -0.1) is 11.3 Å². The fraction of sp³-hybridized carbons (Fsp3) is 0.154. The van der Waals surface area contributed by atoms with E-state index in [0.717, 1.165) is 33.1 Å². The highest BCUT2D eigenvalue weighted by atomic mass is 35.5. The van der Waals surface area contributed by atoms with E-state index in [1.807, 2.05) is 26.0 Å². The Morgan fingerprint density at radius 3 is 2.58 bits per heavy atom. The lowest BCUT2D eigenvalue weighted by molar-refractivity contribution is -0.133. The minimum Gasteiger partial charge on any atom is -0.466 e. The van der Waals surface area contributed by atoms with Crippen molar-refractivity contribution in [1.82, 2.24) is 4.57 Å². The fourth-order valence-electron chi connectivity index (χ4n) is 3.97. The lowest BCUT2D eigenvalue weighted by Gasteiger charge is -2.26. The number of carbonyl (C=O) groups excluding carboxylic acids is 2. The van der Waals surface area contributed by atoms with E-state index < -0.39 is 23.4 Å². The Bertz CT molecular complexity index is 1680. The maximum Gasteiger partial charge on any atom is 0.332 e. The van der Waals surface area contributed by atoms with Crippen LogP contribution in [0.15, 0.2) is 52.8 Å². The summed E-state index contributed by atoms with van der Waals surface area (Å²) < 4.78 is 5.94. The monoisotopic (exact) mass is 520 g/mol. The number of thiazole rings is 1. The van der Waals surface area contributed by atoms with E-state index in [-0.39, 0.29) is 26.2 Å². The largest absolute Gasteiger partial charge is 0.466 e. The van der Waals surface area contributed by atoms with Gasteiger partial charge in [0.15, 0.2) is 0 Å². The molecule has 0 saturated heterocycles. The van der Waals surface area contributed by atoms with Crippen LogP contribution < -0.4 is 25.8 Å². The molecule has 0 aliphatic carbocycles. The number of amides is 1. The molecule has 1 amide bonds. The summed E-state index contributed by atoms with van der Waals surface area (Å²) in [6.45, 7) is 3.88. The van der Waals surface area contributed by atoms with E-state index in [2.05, 4.69) is 16.1 Å². The average Bonchev–Trinajstić information content (AvgIpc) is 3.17. The van der Waals surface area contributed by atoms with Crippen molar-refractivity contribution >= 4 is 58.0 Å². The molecular weight excluding hydrogens is 500 g/mol. The van der Waals surface area contributed by atoms with Gasteiger partial charge in [-0.2, -0.15) is 5.26 Å². The van der Waals surface area contributed by atoms with Crippen molar-refractivity contribution in [1.29, 1.82) is 5.26 Å². The van der Waals surface area contributed by atoms with Crippen LogP contribution in [0.1, 0.15) is 22.6 Å². The maximum absolute atomic E-state index is 13.8. The van der Waals surface area contributed by atoms with Crippen LogP contribution in [-0.2, 0) is 14.3 Å². The minimum atomic E-state index is -0.945. The number of anilines is 1. The number of benzene rings is 2. The summed E-state index contributed by atoms with van der Waals surface area (Å²) in [5.41, 5.74) is 8.84. The maximum atomic E-state index is 13.8. The zero-order valence-corrected chi connectivity index (χ0v) is 21.2. The first kappa shape index (κ1) is 25.0. The van der Waals surface area contributed by atoms with Crippen LogP contribution in [0.5, 0.6) is 0 Å². The van der Waals surface area contributed by atoms with Gasteiger partial charge in [-0.05, 0) is 48.7 Å². The number of carbonyl (C=O) groups is 2. The van der Waals surface area contributed by atoms with Crippen LogP contribution in [0.25, 0.3) is 17.5 Å². The standard InChI is InChI=1S/C26H21ClN4O4S/c1-13-8-9-15(10-14(13)2)30-24(33)22-21(16-6-4-5-7-18(16)27)17(12-28)23(29)31-25(34)19(36-26(22)31)11-20(32)35-3/h4-11,21H,29H2,1-3H3,(H,30,33)/b19-11-. The van der Waals surface area contributed by atoms with Gasteiger partial charge in [-0.3, -0.25) is 14.2 Å². The molecule has 2 aromatic carbocycles. The Kier molecular flexibility index (Phi) is 6.84. The van der Waals surface area contributed by atoms with E-state index >= 15 is 0 Å². The van der Waals surface area contributed by atoms with Crippen molar-refractivity contribution < 1.29 is 14.3 Å². The summed E-state index contributed by atoms with van der Waals surface area (Å²) in [5, 5.41) is 13.3. The second-order valence-electron chi connectivity index (χ2n) is 8.11. The number of nitriles is 1. The SMILES string of the molecule is COC(=O)/C=c1\sc2n(c1=O)C(N)=C(C#N)C(c1ccccc1Cl)C=2C(=O)Nc1ccc(C)c(C)c1. The first-order valence-electron chi connectivity index (χ1n) is 10.8. The minimum absolute atomic E-state index is 0.00776. The molecule has 1 aromatic heterocycles. The topological polar surface area (TPSA) is 127 Å². The van der Waals surface area contributed by atoms with Gasteiger partial charge in [-0.25, -0.2) is 4.79 Å². The van der Waals surface area contributed by atoms with Crippen LogP contribution in [0, 0.1) is 25.2 Å². The lowest BCUT2D eigenvalue weighted by atomic mass is 9.83. The van der Waals surface area contributed by atoms with Crippen LogP contribution >= 0.6 is 22.9 Å². The van der Waals surface area contributed by atoms with Gasteiger partial charge in [0, 0.05) is 16.8 Å². The molecule has 0 radical (unpaired) electrons. The number of halogens is 1. The van der Waals surface area contributed by atoms with Gasteiger partial charge in [0.2, 0.25) is 0 Å². The number of aryl methyl sites for hydroxylation is 2. The van der Waals surface area contributed by atoms with Gasteiger partial charge in [0.05, 0.1) is 30.2 Å². The average molecular weight is 521 g/mol. The number of hydrogen-bond acceptors (Lipinski definition) is 7. The highest BCUT2D eigenvalue weighted by molar-refractivity contribution is 7.07. The molecule has 3 N–H and O–H groups in total. The van der Waals surface area contributed by atoms with Gasteiger partial charge in [0.1, 0.15) is 15.0 Å². The van der Waals surface area contributed by atoms with Crippen molar-refractivity contribution in [3.8, 4) is 6.07 Å². The normalized spacial score (nSPS) is 15.4. The number of allylic oxidation sites excluding steroid dienone is 1. The number of nitrogens with two attached hydrogens (primary N) is 1. The number of rotatable bonds is 4. The molecule has 1 atom stereocenters. The smallest absolute Gasteiger partial charge is 0.332 e. The number of aromatic nitrogens is 1. The van der Waals surface area contributed by atoms with Gasteiger partial charge in [-0.1, -0.05) is 35.9 Å². The van der Waals surface area contributed by atoms with Crippen molar-refractivity contribution in [3.63, 3.8) is 0 Å². The van der Waals surface area contributed by atoms with E-state index in [1.165, 1.54) is 7.11 Å². The first-order chi connectivity index (χ1) is 17.2. The third kappa shape index (κ3) is 4.33. The molecule has 1 unspecified atom stereocenters. The second-order valence-corrected chi connectivity index (χ2v) is 9.55. The number of ether oxygens (including phenoxy) is 1. The molecule has 182 valence electrons. The van der Waals surface area contributed by atoms with Crippen molar-refractivity contribution in [2.75, 3.05) is 12.4 Å². The number of methoxy groups -OCH3 is 1. The van der Waals surface area contributed by atoms with Gasteiger partial charge < -0.3 is 15.8 Å². The molecular formula is C26H21ClN4O4S. The Labute approximate surface area is 215 Å². The number of nitrogens with zero attached hydrogens (tertiary/aromatic N) is 2. The van der Waals surface area contributed by atoms with Crippen LogP contribution in [0.2, 0.25) is 5.02 Å². The fourth-order valence-corrected chi connectivity index (χ4v) is 5.35. The van der Waals surface area contributed by atoms with E-state index in [1.54, 1.807) is 30.3 Å². The van der Waals surface area contributed by atoms with E-state index in [0.29, 0.717) is 16.3 Å². The van der Waals surface area contributed by atoms with Crippen LogP contribution in [0.4, 0.5) is 5.69 Å². The zero-order chi connectivity index (χ0) is 26.1. The summed E-state index contributed by atoms with van der Waals surface area (Å²) in [6, 6.07) is 14.3. The van der Waals surface area contributed by atoms with Gasteiger partial charge >= 0.3 is 5.97 Å². The lowest BCUT2D eigenvalue weighted by Crippen LogP contribution is -2.41. The molecule has 0 spiro atoms. The molecule has 0 saturated carbocycles. The Hall–Kier alpha value is -4.13. The highest BCUT2D eigenvalue weighted by Gasteiger charge is 2.36. The molecule has 8 nitrogen and oxygen atoms in total. The van der Waals surface area contributed by atoms with Crippen molar-refractivity contribution in [2.45, 2.75) is 19.8 Å². The zero-order valence-electron chi connectivity index (χ0n) is 19.6. The molecule has 0 bridgehead atoms. The quantitative estimate of drug-likeness (QED) is 0.508.